The lowest BCUT2D eigenvalue weighted by molar-refractivity contribution is 0.559. The van der Waals surface area contributed by atoms with Crippen LogP contribution in [0.25, 0.3) is 0 Å². The Labute approximate surface area is 158 Å². The molecule has 25 heavy (non-hydrogen) atoms. The topological polar surface area (TPSA) is 6.48 Å². The molecule has 1 heterocycles. The third-order valence-corrected chi connectivity index (χ3v) is 9.35. The summed E-state index contributed by atoms with van der Waals surface area (Å²) in [6, 6.07) is 6.97. The summed E-state index contributed by atoms with van der Waals surface area (Å²) in [5.74, 6) is 0. The van der Waals surface area contributed by atoms with E-state index in [1.165, 1.54) is 16.8 Å². The summed E-state index contributed by atoms with van der Waals surface area (Å²) in [5, 5.41) is 0.220. The summed E-state index contributed by atoms with van der Waals surface area (Å²) in [5.41, 5.74) is 4.76. The van der Waals surface area contributed by atoms with Gasteiger partial charge in [-0.2, -0.15) is 0 Å². The van der Waals surface area contributed by atoms with Gasteiger partial charge in [-0.15, -0.1) is 0 Å². The van der Waals surface area contributed by atoms with Gasteiger partial charge >= 0.3 is 6.98 Å². The highest BCUT2D eigenvalue weighted by molar-refractivity contribution is 7.05. The van der Waals surface area contributed by atoms with Gasteiger partial charge in [0, 0.05) is 5.69 Å². The van der Waals surface area contributed by atoms with Crippen molar-refractivity contribution in [1.82, 2.24) is 4.48 Å². The Hall–Kier alpha value is -0.738. The van der Waals surface area contributed by atoms with E-state index in [1.54, 1.807) is 0 Å². The van der Waals surface area contributed by atoms with Crippen molar-refractivity contribution in [3.05, 3.63) is 29.3 Å². The minimum absolute atomic E-state index is 0.137. The predicted molar refractivity (Wildman–Crippen MR) is 117 cm³/mol. The molecular formula is C21H39BN2Si. The van der Waals surface area contributed by atoms with Crippen LogP contribution in [0, 0.1) is 0 Å². The summed E-state index contributed by atoms with van der Waals surface area (Å²) in [4.78, 5) is 0. The highest BCUT2D eigenvalue weighted by Gasteiger charge is 2.60. The molecular weight excluding hydrogens is 319 g/mol. The van der Waals surface area contributed by atoms with Crippen molar-refractivity contribution in [3.63, 3.8) is 0 Å². The summed E-state index contributed by atoms with van der Waals surface area (Å²) in [7, 11) is 0.678. The molecule has 0 N–H and O–H groups in total. The zero-order valence-electron chi connectivity index (χ0n) is 18.7. The number of para-hydroxylation sites is 1. The molecule has 0 bridgehead atoms. The van der Waals surface area contributed by atoms with Crippen molar-refractivity contribution >= 4 is 21.1 Å². The van der Waals surface area contributed by atoms with Crippen LogP contribution >= 0.6 is 0 Å². The lowest BCUT2D eigenvalue weighted by Crippen LogP contribution is -2.86. The van der Waals surface area contributed by atoms with E-state index in [0.717, 1.165) is 0 Å². The van der Waals surface area contributed by atoms with E-state index in [2.05, 4.69) is 110 Å². The minimum Gasteiger partial charge on any atom is -0.417 e. The Balaban J connectivity index is 2.80. The molecule has 0 aromatic heterocycles. The third-order valence-electron chi connectivity index (χ3n) is 5.73. The standard InChI is InChI=1S/C21H39BN2Si/c1-19(2,3)16-14-13-15-17(20(4,5)6)18(16)24-22(21(7,8)9)23(10)25(24,11)12/h13-15H,1-12H3. The van der Waals surface area contributed by atoms with Gasteiger partial charge in [0.25, 0.3) is 0 Å². The number of rotatable bonds is 1. The maximum absolute atomic E-state index is 2.83. The van der Waals surface area contributed by atoms with E-state index in [-0.39, 0.29) is 16.1 Å². The second kappa shape index (κ2) is 5.88. The minimum atomic E-state index is -1.65. The lowest BCUT2D eigenvalue weighted by atomic mass is 9.52. The molecule has 1 aliphatic heterocycles. The molecule has 1 aromatic carbocycles. The highest BCUT2D eigenvalue weighted by Crippen LogP contribution is 2.50. The molecule has 1 fully saturated rings. The Bertz CT molecular complexity index is 615. The smallest absolute Gasteiger partial charge is 0.335 e. The van der Waals surface area contributed by atoms with Crippen molar-refractivity contribution in [1.29, 1.82) is 0 Å². The average molecular weight is 358 g/mol. The summed E-state index contributed by atoms with van der Waals surface area (Å²) in [6.07, 6.45) is 0. The SMILES string of the molecule is CN1B(C(C)(C)C)N(c2c(C(C)(C)C)cccc2C(C)(C)C)[Si]1(C)C. The maximum atomic E-state index is 2.83. The molecule has 4 heteroatoms. The van der Waals surface area contributed by atoms with Crippen molar-refractivity contribution in [3.8, 4) is 0 Å². The normalized spacial score (nSPS) is 19.2. The van der Waals surface area contributed by atoms with Crippen LogP contribution in [-0.4, -0.2) is 26.9 Å². The first-order valence-electron chi connectivity index (χ1n) is 9.67. The van der Waals surface area contributed by atoms with E-state index in [4.69, 9.17) is 0 Å². The number of anilines is 1. The van der Waals surface area contributed by atoms with Crippen LogP contribution in [0.4, 0.5) is 5.69 Å². The molecule has 140 valence electrons. The monoisotopic (exact) mass is 358 g/mol. The van der Waals surface area contributed by atoms with E-state index in [0.29, 0.717) is 6.98 Å². The largest absolute Gasteiger partial charge is 0.417 e. The van der Waals surface area contributed by atoms with Crippen LogP contribution in [0.5, 0.6) is 0 Å². The average Bonchev–Trinajstić information content (AvgIpc) is 2.39. The first-order chi connectivity index (χ1) is 11.0. The second-order valence-corrected chi connectivity index (χ2v) is 15.6. The number of hydrogen-bond acceptors (Lipinski definition) is 2. The van der Waals surface area contributed by atoms with Crippen molar-refractivity contribution in [2.24, 2.45) is 0 Å². The fraction of sp³-hybridized carbons (Fsp3) is 0.714. The molecule has 1 aliphatic rings. The van der Waals surface area contributed by atoms with Crippen molar-refractivity contribution < 1.29 is 0 Å². The van der Waals surface area contributed by atoms with Gasteiger partial charge in [-0.1, -0.05) is 80.5 Å². The molecule has 0 saturated carbocycles. The van der Waals surface area contributed by atoms with E-state index in [9.17, 15) is 0 Å². The molecule has 0 aliphatic carbocycles. The van der Waals surface area contributed by atoms with Crippen LogP contribution < -0.4 is 4.48 Å². The number of benzene rings is 1. The quantitative estimate of drug-likeness (QED) is 0.566. The lowest BCUT2D eigenvalue weighted by Gasteiger charge is -2.65. The molecule has 0 atom stereocenters. The Morgan fingerprint density at radius 1 is 0.800 bits per heavy atom. The van der Waals surface area contributed by atoms with Crippen molar-refractivity contribution in [2.45, 2.75) is 91.6 Å². The highest BCUT2D eigenvalue weighted by atomic mass is 28.3. The zero-order valence-corrected chi connectivity index (χ0v) is 19.7. The van der Waals surface area contributed by atoms with Gasteiger partial charge in [0.2, 0.25) is 8.40 Å². The first-order valence-corrected chi connectivity index (χ1v) is 12.6. The summed E-state index contributed by atoms with van der Waals surface area (Å²) < 4.78 is 5.49. The van der Waals surface area contributed by atoms with Crippen LogP contribution in [0.15, 0.2) is 18.2 Å². The van der Waals surface area contributed by atoms with Crippen LogP contribution in [-0.2, 0) is 10.8 Å². The van der Waals surface area contributed by atoms with E-state index < -0.39 is 8.40 Å². The zero-order chi connectivity index (χ0) is 19.6. The van der Waals surface area contributed by atoms with Gasteiger partial charge < -0.3 is 8.95 Å². The molecule has 0 spiro atoms. The molecule has 1 aromatic rings. The van der Waals surface area contributed by atoms with E-state index in [1.807, 2.05) is 0 Å². The Kier molecular flexibility index (Phi) is 4.84. The maximum Gasteiger partial charge on any atom is 0.335 e. The van der Waals surface area contributed by atoms with Gasteiger partial charge in [-0.25, -0.2) is 0 Å². The van der Waals surface area contributed by atoms with Gasteiger partial charge in [-0.3, -0.25) is 0 Å². The van der Waals surface area contributed by atoms with Gasteiger partial charge in [-0.05, 0) is 47.4 Å². The number of hydrogen-bond donors (Lipinski definition) is 0. The second-order valence-electron chi connectivity index (χ2n) is 11.4. The van der Waals surface area contributed by atoms with Gasteiger partial charge in [0.05, 0.1) is 0 Å². The molecule has 0 radical (unpaired) electrons. The molecule has 1 saturated heterocycles. The van der Waals surface area contributed by atoms with Gasteiger partial charge in [0.15, 0.2) is 0 Å². The molecule has 0 amide bonds. The molecule has 2 nitrogen and oxygen atoms in total. The summed E-state index contributed by atoms with van der Waals surface area (Å²) in [6.45, 7) is 26.7. The third kappa shape index (κ3) is 3.44. The van der Waals surface area contributed by atoms with E-state index >= 15 is 0 Å². The first kappa shape index (κ1) is 20.6. The van der Waals surface area contributed by atoms with Crippen LogP contribution in [0.1, 0.15) is 73.4 Å². The molecule has 0 unspecified atom stereocenters. The Morgan fingerprint density at radius 3 is 1.52 bits per heavy atom. The van der Waals surface area contributed by atoms with Crippen LogP contribution in [0.2, 0.25) is 18.4 Å². The summed E-state index contributed by atoms with van der Waals surface area (Å²) >= 11 is 0. The van der Waals surface area contributed by atoms with Crippen LogP contribution in [0.3, 0.4) is 0 Å². The number of nitrogens with zero attached hydrogens (tertiary/aromatic N) is 2. The fourth-order valence-corrected chi connectivity index (χ4v) is 7.48. The predicted octanol–water partition coefficient (Wildman–Crippen LogP) is 6.02. The molecule has 2 rings (SSSR count). The fourth-order valence-electron chi connectivity index (χ4n) is 4.26. The Morgan fingerprint density at radius 2 is 1.20 bits per heavy atom. The van der Waals surface area contributed by atoms with Gasteiger partial charge in [0.1, 0.15) is 0 Å². The van der Waals surface area contributed by atoms with Crippen molar-refractivity contribution in [2.75, 3.05) is 11.5 Å².